The summed E-state index contributed by atoms with van der Waals surface area (Å²) < 4.78 is 0. The molecule has 1 aromatic heterocycles. The van der Waals surface area contributed by atoms with E-state index in [2.05, 4.69) is 18.0 Å². The highest BCUT2D eigenvalue weighted by Crippen LogP contribution is 2.41. The zero-order chi connectivity index (χ0) is 15.6. The molecule has 1 fully saturated rings. The van der Waals surface area contributed by atoms with Crippen molar-refractivity contribution in [1.82, 2.24) is 4.98 Å². The molecule has 1 aliphatic carbocycles. The van der Waals surface area contributed by atoms with Crippen LogP contribution >= 0.6 is 0 Å². The Bertz CT molecular complexity index is 409. The first-order chi connectivity index (χ1) is 10.8. The number of rotatable bonds is 12. The molecule has 1 heterocycles. The van der Waals surface area contributed by atoms with Crippen LogP contribution in [-0.4, -0.2) is 10.8 Å². The fraction of sp³-hybridized carbons (Fsp3) is 0.750. The standard InChI is InChI=1S/C20H33NO/c1-2-3-4-5-6-7-8-9-10-11-13-17-16-19(22)20(17)18-14-12-15-21-18/h12,14-15,17,20-21H,2-11,13,16H2,1H3. The van der Waals surface area contributed by atoms with Crippen molar-refractivity contribution in [2.24, 2.45) is 5.92 Å². The van der Waals surface area contributed by atoms with Crippen LogP contribution in [0.3, 0.4) is 0 Å². The van der Waals surface area contributed by atoms with Crippen LogP contribution in [0.5, 0.6) is 0 Å². The second-order valence-electron chi connectivity index (χ2n) is 7.00. The van der Waals surface area contributed by atoms with Gasteiger partial charge in [-0.2, -0.15) is 0 Å². The molecular weight excluding hydrogens is 270 g/mol. The Morgan fingerprint density at radius 3 is 2.18 bits per heavy atom. The largest absolute Gasteiger partial charge is 0.364 e. The lowest BCUT2D eigenvalue weighted by Crippen LogP contribution is -2.35. The molecule has 1 N–H and O–H groups in total. The molecule has 1 saturated carbocycles. The number of H-pyrrole nitrogens is 1. The highest BCUT2D eigenvalue weighted by molar-refractivity contribution is 5.91. The van der Waals surface area contributed by atoms with Gasteiger partial charge in [-0.15, -0.1) is 0 Å². The number of Topliss-reactive ketones (excluding diaryl/α,β-unsaturated/α-hetero) is 1. The lowest BCUT2D eigenvalue weighted by atomic mass is 9.68. The Hall–Kier alpha value is -1.05. The van der Waals surface area contributed by atoms with Gasteiger partial charge in [-0.3, -0.25) is 4.79 Å². The van der Waals surface area contributed by atoms with Gasteiger partial charge >= 0.3 is 0 Å². The van der Waals surface area contributed by atoms with Gasteiger partial charge in [0.05, 0.1) is 5.92 Å². The van der Waals surface area contributed by atoms with Crippen LogP contribution in [0, 0.1) is 5.92 Å². The van der Waals surface area contributed by atoms with Crippen molar-refractivity contribution in [3.05, 3.63) is 24.0 Å². The van der Waals surface area contributed by atoms with E-state index in [1.165, 1.54) is 70.6 Å². The maximum Gasteiger partial charge on any atom is 0.142 e. The highest BCUT2D eigenvalue weighted by Gasteiger charge is 2.40. The van der Waals surface area contributed by atoms with Crippen LogP contribution in [0.1, 0.15) is 95.6 Å². The van der Waals surface area contributed by atoms with E-state index in [9.17, 15) is 4.79 Å². The van der Waals surface area contributed by atoms with E-state index in [1.807, 2.05) is 12.3 Å². The molecule has 2 atom stereocenters. The summed E-state index contributed by atoms with van der Waals surface area (Å²) in [5.41, 5.74) is 1.13. The molecule has 1 aliphatic rings. The quantitative estimate of drug-likeness (QED) is 0.472. The van der Waals surface area contributed by atoms with Gasteiger partial charge in [-0.25, -0.2) is 0 Å². The van der Waals surface area contributed by atoms with Gasteiger partial charge in [-0.1, -0.05) is 71.1 Å². The number of hydrogen-bond acceptors (Lipinski definition) is 1. The molecule has 0 bridgehead atoms. The van der Waals surface area contributed by atoms with E-state index in [1.54, 1.807) is 0 Å². The molecule has 0 radical (unpaired) electrons. The lowest BCUT2D eigenvalue weighted by Gasteiger charge is -2.34. The number of aromatic amines is 1. The second kappa shape index (κ2) is 9.86. The summed E-state index contributed by atoms with van der Waals surface area (Å²) in [6.45, 7) is 2.27. The third kappa shape index (κ3) is 5.30. The summed E-state index contributed by atoms with van der Waals surface area (Å²) >= 11 is 0. The summed E-state index contributed by atoms with van der Waals surface area (Å²) in [7, 11) is 0. The Labute approximate surface area is 136 Å². The van der Waals surface area contributed by atoms with E-state index >= 15 is 0 Å². The number of carbonyl (C=O) groups excluding carboxylic acids is 1. The minimum absolute atomic E-state index is 0.175. The van der Waals surface area contributed by atoms with E-state index in [-0.39, 0.29) is 5.92 Å². The minimum atomic E-state index is 0.175. The first-order valence-corrected chi connectivity index (χ1v) is 9.49. The Morgan fingerprint density at radius 1 is 1.00 bits per heavy atom. The summed E-state index contributed by atoms with van der Waals surface area (Å²) in [5.74, 6) is 1.20. The number of unbranched alkanes of at least 4 members (excludes halogenated alkanes) is 9. The predicted molar refractivity (Wildman–Crippen MR) is 93.1 cm³/mol. The van der Waals surface area contributed by atoms with Crippen molar-refractivity contribution in [3.63, 3.8) is 0 Å². The van der Waals surface area contributed by atoms with Gasteiger partial charge in [0, 0.05) is 18.3 Å². The highest BCUT2D eigenvalue weighted by atomic mass is 16.1. The van der Waals surface area contributed by atoms with Crippen LogP contribution in [0.2, 0.25) is 0 Å². The molecule has 2 nitrogen and oxygen atoms in total. The van der Waals surface area contributed by atoms with Gasteiger partial charge in [0.2, 0.25) is 0 Å². The smallest absolute Gasteiger partial charge is 0.142 e. The van der Waals surface area contributed by atoms with Crippen molar-refractivity contribution in [2.75, 3.05) is 0 Å². The Morgan fingerprint density at radius 2 is 1.64 bits per heavy atom. The summed E-state index contributed by atoms with van der Waals surface area (Å²) in [6.07, 6.45) is 17.8. The fourth-order valence-corrected chi connectivity index (χ4v) is 3.73. The van der Waals surface area contributed by atoms with Gasteiger partial charge < -0.3 is 4.98 Å². The zero-order valence-electron chi connectivity index (χ0n) is 14.3. The first kappa shape index (κ1) is 17.3. The van der Waals surface area contributed by atoms with Crippen molar-refractivity contribution < 1.29 is 4.79 Å². The third-order valence-electron chi connectivity index (χ3n) is 5.17. The fourth-order valence-electron chi connectivity index (χ4n) is 3.73. The van der Waals surface area contributed by atoms with Gasteiger partial charge in [0.1, 0.15) is 5.78 Å². The number of nitrogens with one attached hydrogen (secondary N) is 1. The third-order valence-corrected chi connectivity index (χ3v) is 5.17. The molecule has 2 unspecified atom stereocenters. The molecule has 2 rings (SSSR count). The monoisotopic (exact) mass is 303 g/mol. The molecule has 0 spiro atoms. The lowest BCUT2D eigenvalue weighted by molar-refractivity contribution is -0.129. The summed E-state index contributed by atoms with van der Waals surface area (Å²) in [5, 5.41) is 0. The van der Waals surface area contributed by atoms with E-state index in [0.717, 1.165) is 12.1 Å². The SMILES string of the molecule is CCCCCCCCCCCCC1CC(=O)C1c1ccc[nH]1. The van der Waals surface area contributed by atoms with Gasteiger partial charge in [0.25, 0.3) is 0 Å². The first-order valence-electron chi connectivity index (χ1n) is 9.49. The number of carbonyl (C=O) groups is 1. The van der Waals surface area contributed by atoms with Crippen LogP contribution < -0.4 is 0 Å². The van der Waals surface area contributed by atoms with E-state index in [4.69, 9.17) is 0 Å². The normalized spacial score (nSPS) is 21.0. The Kier molecular flexibility index (Phi) is 7.76. The zero-order valence-corrected chi connectivity index (χ0v) is 14.3. The molecule has 0 amide bonds. The van der Waals surface area contributed by atoms with Crippen LogP contribution in [-0.2, 0) is 4.79 Å². The molecule has 0 aromatic carbocycles. The maximum absolute atomic E-state index is 11.8. The van der Waals surface area contributed by atoms with Crippen molar-refractivity contribution >= 4 is 5.78 Å². The number of ketones is 1. The van der Waals surface area contributed by atoms with Crippen LogP contribution in [0.25, 0.3) is 0 Å². The maximum atomic E-state index is 11.8. The topological polar surface area (TPSA) is 32.9 Å². The van der Waals surface area contributed by atoms with Gasteiger partial charge in [0.15, 0.2) is 0 Å². The summed E-state index contributed by atoms with van der Waals surface area (Å²) in [6, 6.07) is 4.06. The molecule has 0 aliphatic heterocycles. The molecule has 1 aromatic rings. The molecule has 2 heteroatoms. The van der Waals surface area contributed by atoms with Crippen LogP contribution in [0.15, 0.2) is 18.3 Å². The Balaban J connectivity index is 1.47. The van der Waals surface area contributed by atoms with E-state index < -0.39 is 0 Å². The molecule has 22 heavy (non-hydrogen) atoms. The predicted octanol–water partition coefficient (Wildman–Crippen LogP) is 6.00. The van der Waals surface area contributed by atoms with E-state index in [0.29, 0.717) is 11.7 Å². The van der Waals surface area contributed by atoms with Gasteiger partial charge in [-0.05, 0) is 24.5 Å². The summed E-state index contributed by atoms with van der Waals surface area (Å²) in [4.78, 5) is 15.0. The minimum Gasteiger partial charge on any atom is -0.364 e. The average Bonchev–Trinajstić information content (AvgIpc) is 3.01. The number of aromatic nitrogens is 1. The van der Waals surface area contributed by atoms with Crippen LogP contribution in [0.4, 0.5) is 0 Å². The van der Waals surface area contributed by atoms with Crippen molar-refractivity contribution in [1.29, 1.82) is 0 Å². The molecular formula is C20H33NO. The van der Waals surface area contributed by atoms with Crippen molar-refractivity contribution in [3.8, 4) is 0 Å². The second-order valence-corrected chi connectivity index (χ2v) is 7.00. The van der Waals surface area contributed by atoms with Crippen molar-refractivity contribution in [2.45, 2.75) is 89.9 Å². The molecule has 0 saturated heterocycles. The number of hydrogen-bond donors (Lipinski definition) is 1. The average molecular weight is 303 g/mol. The molecule has 124 valence electrons.